The van der Waals surface area contributed by atoms with Crippen molar-refractivity contribution in [2.45, 2.75) is 45.0 Å². The van der Waals surface area contributed by atoms with E-state index in [2.05, 4.69) is 10.1 Å². The maximum atomic E-state index is 12.5. The molecule has 10 heteroatoms. The van der Waals surface area contributed by atoms with E-state index in [-0.39, 0.29) is 38.0 Å². The first-order valence-electron chi connectivity index (χ1n) is 10.2. The summed E-state index contributed by atoms with van der Waals surface area (Å²) < 4.78 is 46.2. The van der Waals surface area contributed by atoms with Crippen molar-refractivity contribution in [1.29, 1.82) is 0 Å². The predicted octanol–water partition coefficient (Wildman–Crippen LogP) is 4.10. The van der Waals surface area contributed by atoms with Crippen molar-refractivity contribution in [3.05, 3.63) is 54.1 Å². The smallest absolute Gasteiger partial charge is 0.481 e. The summed E-state index contributed by atoms with van der Waals surface area (Å²) in [6.45, 7) is 1.84. The monoisotopic (exact) mass is 467 g/mol. The molecular formula is C23H24F3NO6. The third-order valence-electron chi connectivity index (χ3n) is 4.49. The average Bonchev–Trinajstić information content (AvgIpc) is 2.72. The van der Waals surface area contributed by atoms with Gasteiger partial charge in [-0.2, -0.15) is 0 Å². The molecule has 1 unspecified atom stereocenters. The van der Waals surface area contributed by atoms with Crippen LogP contribution < -0.4 is 10.1 Å². The Balaban J connectivity index is 2.10. The normalized spacial score (nSPS) is 12.0. The first kappa shape index (κ1) is 25.7. The summed E-state index contributed by atoms with van der Waals surface area (Å²) in [7, 11) is 0. The first-order valence-corrected chi connectivity index (χ1v) is 10.2. The second kappa shape index (κ2) is 11.9. The lowest BCUT2D eigenvalue weighted by Gasteiger charge is -2.18. The molecule has 1 amide bonds. The molecule has 0 aliphatic heterocycles. The molecule has 0 saturated carbocycles. The topological polar surface area (TPSA) is 102 Å². The van der Waals surface area contributed by atoms with Crippen LogP contribution in [0.2, 0.25) is 0 Å². The van der Waals surface area contributed by atoms with Gasteiger partial charge in [-0.25, -0.2) is 0 Å². The second-order valence-corrected chi connectivity index (χ2v) is 7.14. The minimum Gasteiger partial charge on any atom is -0.481 e. The van der Waals surface area contributed by atoms with E-state index < -0.39 is 30.2 Å². The molecule has 7 nitrogen and oxygen atoms in total. The molecule has 2 aromatic carbocycles. The van der Waals surface area contributed by atoms with Gasteiger partial charge in [-0.05, 0) is 42.2 Å². The van der Waals surface area contributed by atoms with E-state index in [4.69, 9.17) is 9.84 Å². The van der Waals surface area contributed by atoms with Crippen LogP contribution in [0.3, 0.4) is 0 Å². The number of carbonyl (C=O) groups excluding carboxylic acids is 2. The van der Waals surface area contributed by atoms with Crippen molar-refractivity contribution in [3.8, 4) is 16.9 Å². The zero-order valence-electron chi connectivity index (χ0n) is 17.9. The number of carboxylic acids is 1. The van der Waals surface area contributed by atoms with Gasteiger partial charge in [0.15, 0.2) is 0 Å². The first-order chi connectivity index (χ1) is 15.6. The van der Waals surface area contributed by atoms with Gasteiger partial charge >= 0.3 is 18.3 Å². The molecule has 0 bridgehead atoms. The summed E-state index contributed by atoms with van der Waals surface area (Å²) in [6.07, 6.45) is -5.15. The number of nitrogens with one attached hydrogen (secondary N) is 1. The van der Waals surface area contributed by atoms with Crippen molar-refractivity contribution in [1.82, 2.24) is 5.32 Å². The summed E-state index contributed by atoms with van der Waals surface area (Å²) in [5, 5.41) is 11.4. The van der Waals surface area contributed by atoms with Gasteiger partial charge in [-0.1, -0.05) is 36.4 Å². The van der Waals surface area contributed by atoms with E-state index in [1.54, 1.807) is 37.3 Å². The van der Waals surface area contributed by atoms with E-state index in [1.165, 1.54) is 18.2 Å². The van der Waals surface area contributed by atoms with Crippen LogP contribution in [0, 0.1) is 0 Å². The largest absolute Gasteiger partial charge is 0.573 e. The second-order valence-electron chi connectivity index (χ2n) is 7.14. The average molecular weight is 467 g/mol. The molecule has 0 aliphatic carbocycles. The van der Waals surface area contributed by atoms with Gasteiger partial charge in [0, 0.05) is 12.5 Å². The van der Waals surface area contributed by atoms with Gasteiger partial charge in [-0.15, -0.1) is 13.2 Å². The van der Waals surface area contributed by atoms with Crippen LogP contribution in [-0.4, -0.2) is 42.0 Å². The number of ether oxygens (including phenoxy) is 2. The number of carbonyl (C=O) groups is 3. The molecule has 0 radical (unpaired) electrons. The quantitative estimate of drug-likeness (QED) is 0.483. The van der Waals surface area contributed by atoms with E-state index in [0.29, 0.717) is 11.1 Å². The van der Waals surface area contributed by atoms with Gasteiger partial charge < -0.3 is 19.9 Å². The van der Waals surface area contributed by atoms with Crippen molar-refractivity contribution >= 4 is 17.8 Å². The molecule has 33 heavy (non-hydrogen) atoms. The Kier molecular flexibility index (Phi) is 9.26. The Labute approximate surface area is 188 Å². The molecular weight excluding hydrogens is 443 g/mol. The Morgan fingerprint density at radius 3 is 2.33 bits per heavy atom. The van der Waals surface area contributed by atoms with Crippen molar-refractivity contribution in [2.75, 3.05) is 6.61 Å². The Morgan fingerprint density at radius 1 is 1.03 bits per heavy atom. The predicted molar refractivity (Wildman–Crippen MR) is 112 cm³/mol. The number of carboxylic acid groups (broad SMARTS) is 1. The van der Waals surface area contributed by atoms with Crippen LogP contribution in [0.4, 0.5) is 13.2 Å². The number of hydrogen-bond donors (Lipinski definition) is 2. The fraction of sp³-hybridized carbons (Fsp3) is 0.348. The van der Waals surface area contributed by atoms with Crippen molar-refractivity contribution in [3.63, 3.8) is 0 Å². The minimum atomic E-state index is -4.79. The summed E-state index contributed by atoms with van der Waals surface area (Å²) in [5.74, 6) is -2.43. The van der Waals surface area contributed by atoms with E-state index in [0.717, 1.165) is 5.56 Å². The zero-order chi connectivity index (χ0) is 24.4. The lowest BCUT2D eigenvalue weighted by Crippen LogP contribution is -2.38. The lowest BCUT2D eigenvalue weighted by molar-refractivity contribution is -0.274. The lowest BCUT2D eigenvalue weighted by atomic mass is 9.99. The van der Waals surface area contributed by atoms with Crippen molar-refractivity contribution in [2.24, 2.45) is 0 Å². The highest BCUT2D eigenvalue weighted by molar-refractivity contribution is 5.81. The molecule has 178 valence electrons. The van der Waals surface area contributed by atoms with Gasteiger partial charge in [0.2, 0.25) is 5.91 Å². The maximum Gasteiger partial charge on any atom is 0.573 e. The maximum absolute atomic E-state index is 12.5. The Bertz CT molecular complexity index is 959. The number of halogens is 3. The Morgan fingerprint density at radius 2 is 1.73 bits per heavy atom. The fourth-order valence-electron chi connectivity index (χ4n) is 3.11. The molecule has 2 N–H and O–H groups in total. The summed E-state index contributed by atoms with van der Waals surface area (Å²) >= 11 is 0. The molecule has 0 spiro atoms. The van der Waals surface area contributed by atoms with Crippen LogP contribution >= 0.6 is 0 Å². The third-order valence-corrected chi connectivity index (χ3v) is 4.49. The highest BCUT2D eigenvalue weighted by Crippen LogP contribution is 2.28. The van der Waals surface area contributed by atoms with E-state index in [1.807, 2.05) is 0 Å². The Hall–Kier alpha value is -3.56. The van der Waals surface area contributed by atoms with E-state index >= 15 is 0 Å². The molecule has 0 fully saturated rings. The van der Waals surface area contributed by atoms with Crippen LogP contribution in [0.15, 0.2) is 48.5 Å². The minimum absolute atomic E-state index is 0.0920. The van der Waals surface area contributed by atoms with Crippen LogP contribution in [-0.2, 0) is 25.5 Å². The number of benzene rings is 2. The molecule has 0 aromatic heterocycles. The standard InChI is InChI=1S/C23H24F3NO6/c1-2-32-22(31)14-18(27-20(28)10-11-21(29)30)12-15-6-8-16(9-7-15)17-4-3-5-19(13-17)33-23(24,25)26/h3-9,13,18H,2,10-12,14H2,1H3,(H,27,28)(H,29,30). The van der Waals surface area contributed by atoms with Gasteiger partial charge in [0.05, 0.1) is 19.4 Å². The van der Waals surface area contributed by atoms with Gasteiger partial charge in [0.1, 0.15) is 5.75 Å². The molecule has 0 heterocycles. The highest BCUT2D eigenvalue weighted by atomic mass is 19.4. The van der Waals surface area contributed by atoms with Gasteiger partial charge in [-0.3, -0.25) is 14.4 Å². The zero-order valence-corrected chi connectivity index (χ0v) is 17.9. The highest BCUT2D eigenvalue weighted by Gasteiger charge is 2.31. The molecule has 1 atom stereocenters. The summed E-state index contributed by atoms with van der Waals surface area (Å²) in [5.41, 5.74) is 1.93. The SMILES string of the molecule is CCOC(=O)CC(Cc1ccc(-c2cccc(OC(F)(F)F)c2)cc1)NC(=O)CCC(=O)O. The number of esters is 1. The number of rotatable bonds is 11. The number of hydrogen-bond acceptors (Lipinski definition) is 5. The van der Waals surface area contributed by atoms with Crippen LogP contribution in [0.1, 0.15) is 31.7 Å². The number of aliphatic carboxylic acids is 1. The summed E-state index contributed by atoms with van der Waals surface area (Å²) in [4.78, 5) is 34.6. The molecule has 2 aromatic rings. The van der Waals surface area contributed by atoms with Crippen LogP contribution in [0.5, 0.6) is 5.75 Å². The third kappa shape index (κ3) is 9.63. The molecule has 2 rings (SSSR count). The number of alkyl halides is 3. The fourth-order valence-corrected chi connectivity index (χ4v) is 3.11. The summed E-state index contributed by atoms with van der Waals surface area (Å²) in [6, 6.07) is 11.8. The van der Waals surface area contributed by atoms with E-state index in [9.17, 15) is 27.6 Å². The van der Waals surface area contributed by atoms with Crippen LogP contribution in [0.25, 0.3) is 11.1 Å². The molecule has 0 saturated heterocycles. The van der Waals surface area contributed by atoms with Crippen molar-refractivity contribution < 1.29 is 42.1 Å². The molecule has 0 aliphatic rings. The van der Waals surface area contributed by atoms with Gasteiger partial charge in [0.25, 0.3) is 0 Å². The number of amides is 1.